The van der Waals surface area contributed by atoms with E-state index in [1.54, 1.807) is 18.2 Å². The zero-order chi connectivity index (χ0) is 17.8. The summed E-state index contributed by atoms with van der Waals surface area (Å²) < 4.78 is 10.9. The highest BCUT2D eigenvalue weighted by Gasteiger charge is 2.16. The van der Waals surface area contributed by atoms with Crippen LogP contribution in [0, 0.1) is 0 Å². The minimum Gasteiger partial charge on any atom is -0.483 e. The zero-order valence-corrected chi connectivity index (χ0v) is 14.2. The standard InChI is InChI=1S/C19H20N2O4/c1-12(2)14-5-3-4-6-16(14)24-10-18(22)20-13-7-8-17-15(9-13)21-19(23)11-25-17/h3-9,12H,10-11H2,1-2H3,(H,20,22)(H,21,23). The molecule has 0 aliphatic carbocycles. The molecule has 0 unspecified atom stereocenters. The van der Waals surface area contributed by atoms with Crippen LogP contribution < -0.4 is 20.1 Å². The van der Waals surface area contributed by atoms with Gasteiger partial charge in [-0.1, -0.05) is 32.0 Å². The Bertz CT molecular complexity index is 802. The van der Waals surface area contributed by atoms with Crippen LogP contribution >= 0.6 is 0 Å². The summed E-state index contributed by atoms with van der Waals surface area (Å²) in [5.74, 6) is 1.10. The van der Waals surface area contributed by atoms with Crippen LogP contribution in [-0.2, 0) is 9.59 Å². The number of benzene rings is 2. The van der Waals surface area contributed by atoms with E-state index >= 15 is 0 Å². The SMILES string of the molecule is CC(C)c1ccccc1OCC(=O)Nc1ccc2c(c1)NC(=O)CO2. The van der Waals surface area contributed by atoms with Gasteiger partial charge < -0.3 is 20.1 Å². The summed E-state index contributed by atoms with van der Waals surface area (Å²) in [6.07, 6.45) is 0. The second-order valence-corrected chi connectivity index (χ2v) is 6.08. The molecule has 1 aliphatic heterocycles. The van der Waals surface area contributed by atoms with Gasteiger partial charge in [0.25, 0.3) is 11.8 Å². The molecule has 2 aromatic carbocycles. The zero-order valence-electron chi connectivity index (χ0n) is 14.2. The molecule has 3 rings (SSSR count). The molecule has 0 aromatic heterocycles. The summed E-state index contributed by atoms with van der Waals surface area (Å²) in [6, 6.07) is 12.8. The van der Waals surface area contributed by atoms with Crippen LogP contribution in [-0.4, -0.2) is 25.0 Å². The van der Waals surface area contributed by atoms with E-state index in [1.807, 2.05) is 24.3 Å². The minimum absolute atomic E-state index is 0.00179. The third-order valence-electron chi connectivity index (χ3n) is 3.80. The fraction of sp³-hybridized carbons (Fsp3) is 0.263. The number of anilines is 2. The van der Waals surface area contributed by atoms with Gasteiger partial charge >= 0.3 is 0 Å². The Morgan fingerprint density at radius 3 is 2.88 bits per heavy atom. The van der Waals surface area contributed by atoms with E-state index in [-0.39, 0.29) is 25.0 Å². The number of ether oxygens (including phenoxy) is 2. The lowest BCUT2D eigenvalue weighted by Gasteiger charge is -2.18. The first kappa shape index (κ1) is 16.8. The van der Waals surface area contributed by atoms with Crippen molar-refractivity contribution in [2.24, 2.45) is 0 Å². The average Bonchev–Trinajstić information content (AvgIpc) is 2.59. The Kier molecular flexibility index (Phi) is 4.88. The van der Waals surface area contributed by atoms with Crippen molar-refractivity contribution >= 4 is 23.2 Å². The molecule has 2 aromatic rings. The van der Waals surface area contributed by atoms with Crippen LogP contribution in [0.3, 0.4) is 0 Å². The van der Waals surface area contributed by atoms with Gasteiger partial charge in [0.05, 0.1) is 5.69 Å². The van der Waals surface area contributed by atoms with E-state index in [2.05, 4.69) is 24.5 Å². The molecular formula is C19H20N2O4. The van der Waals surface area contributed by atoms with Crippen LogP contribution in [0.25, 0.3) is 0 Å². The van der Waals surface area contributed by atoms with Gasteiger partial charge in [0.2, 0.25) is 0 Å². The van der Waals surface area contributed by atoms with Crippen molar-refractivity contribution in [1.82, 2.24) is 0 Å². The van der Waals surface area contributed by atoms with Crippen molar-refractivity contribution in [3.63, 3.8) is 0 Å². The highest BCUT2D eigenvalue weighted by Crippen LogP contribution is 2.30. The summed E-state index contributed by atoms with van der Waals surface area (Å²) in [7, 11) is 0. The number of fused-ring (bicyclic) bond motifs is 1. The Morgan fingerprint density at radius 1 is 1.28 bits per heavy atom. The molecule has 0 atom stereocenters. The molecule has 1 aliphatic rings. The highest BCUT2D eigenvalue weighted by atomic mass is 16.5. The number of amides is 2. The van der Waals surface area contributed by atoms with Gasteiger partial charge in [-0.3, -0.25) is 9.59 Å². The summed E-state index contributed by atoms with van der Waals surface area (Å²) >= 11 is 0. The second-order valence-electron chi connectivity index (χ2n) is 6.08. The molecule has 2 amide bonds. The average molecular weight is 340 g/mol. The van der Waals surface area contributed by atoms with E-state index in [9.17, 15) is 9.59 Å². The monoisotopic (exact) mass is 340 g/mol. The Balaban J connectivity index is 1.62. The van der Waals surface area contributed by atoms with E-state index in [4.69, 9.17) is 9.47 Å². The van der Waals surface area contributed by atoms with Crippen LogP contribution in [0.1, 0.15) is 25.3 Å². The first-order chi connectivity index (χ1) is 12.0. The van der Waals surface area contributed by atoms with E-state index in [0.29, 0.717) is 28.8 Å². The largest absolute Gasteiger partial charge is 0.483 e. The number of carbonyl (C=O) groups excluding carboxylic acids is 2. The molecular weight excluding hydrogens is 320 g/mol. The van der Waals surface area contributed by atoms with Crippen molar-refractivity contribution in [3.05, 3.63) is 48.0 Å². The summed E-state index contributed by atoms with van der Waals surface area (Å²) in [5, 5.41) is 5.46. The maximum atomic E-state index is 12.1. The number of hydrogen-bond acceptors (Lipinski definition) is 4. The maximum absolute atomic E-state index is 12.1. The molecule has 1 heterocycles. The van der Waals surface area contributed by atoms with Gasteiger partial charge in [0, 0.05) is 5.69 Å². The lowest BCUT2D eigenvalue weighted by atomic mass is 10.0. The minimum atomic E-state index is -0.276. The van der Waals surface area contributed by atoms with E-state index in [0.717, 1.165) is 5.56 Å². The highest BCUT2D eigenvalue weighted by molar-refractivity contribution is 5.97. The second kappa shape index (κ2) is 7.25. The predicted molar refractivity (Wildman–Crippen MR) is 95.2 cm³/mol. The van der Waals surface area contributed by atoms with Gasteiger partial charge in [-0.05, 0) is 35.7 Å². The number of hydrogen-bond donors (Lipinski definition) is 2. The molecule has 6 nitrogen and oxygen atoms in total. The molecule has 6 heteroatoms. The predicted octanol–water partition coefficient (Wildman–Crippen LogP) is 3.16. The Hall–Kier alpha value is -3.02. The number of rotatable bonds is 5. The van der Waals surface area contributed by atoms with Crippen molar-refractivity contribution in [2.45, 2.75) is 19.8 Å². The fourth-order valence-electron chi connectivity index (χ4n) is 2.59. The quantitative estimate of drug-likeness (QED) is 0.876. The molecule has 25 heavy (non-hydrogen) atoms. The summed E-state index contributed by atoms with van der Waals surface area (Å²) in [5.41, 5.74) is 2.17. The Morgan fingerprint density at radius 2 is 2.08 bits per heavy atom. The molecule has 0 saturated carbocycles. The number of nitrogens with one attached hydrogen (secondary N) is 2. The van der Waals surface area contributed by atoms with Crippen LogP contribution in [0.5, 0.6) is 11.5 Å². The summed E-state index contributed by atoms with van der Waals surface area (Å²) in [6.45, 7) is 4.06. The lowest BCUT2D eigenvalue weighted by molar-refractivity contribution is -0.119. The smallest absolute Gasteiger partial charge is 0.262 e. The first-order valence-corrected chi connectivity index (χ1v) is 8.11. The van der Waals surface area contributed by atoms with Gasteiger partial charge in [-0.2, -0.15) is 0 Å². The van der Waals surface area contributed by atoms with E-state index < -0.39 is 0 Å². The third-order valence-corrected chi connectivity index (χ3v) is 3.80. The fourth-order valence-corrected chi connectivity index (χ4v) is 2.59. The van der Waals surface area contributed by atoms with E-state index in [1.165, 1.54) is 0 Å². The molecule has 0 fully saturated rings. The van der Waals surface area contributed by atoms with Crippen LogP contribution in [0.4, 0.5) is 11.4 Å². The van der Waals surface area contributed by atoms with Crippen LogP contribution in [0.15, 0.2) is 42.5 Å². The van der Waals surface area contributed by atoms with Gasteiger partial charge in [-0.15, -0.1) is 0 Å². The summed E-state index contributed by atoms with van der Waals surface area (Å²) in [4.78, 5) is 23.5. The maximum Gasteiger partial charge on any atom is 0.262 e. The van der Waals surface area contributed by atoms with Crippen molar-refractivity contribution in [1.29, 1.82) is 0 Å². The number of para-hydroxylation sites is 1. The molecule has 0 radical (unpaired) electrons. The topological polar surface area (TPSA) is 76.7 Å². The number of carbonyl (C=O) groups is 2. The molecule has 0 bridgehead atoms. The molecule has 2 N–H and O–H groups in total. The normalized spacial score (nSPS) is 12.8. The van der Waals surface area contributed by atoms with Gasteiger partial charge in [-0.25, -0.2) is 0 Å². The van der Waals surface area contributed by atoms with Crippen molar-refractivity contribution in [2.75, 3.05) is 23.8 Å². The third kappa shape index (κ3) is 4.09. The molecule has 0 spiro atoms. The lowest BCUT2D eigenvalue weighted by Crippen LogP contribution is -2.25. The molecule has 0 saturated heterocycles. The van der Waals surface area contributed by atoms with Gasteiger partial charge in [0.15, 0.2) is 13.2 Å². The first-order valence-electron chi connectivity index (χ1n) is 8.11. The van der Waals surface area contributed by atoms with Gasteiger partial charge in [0.1, 0.15) is 11.5 Å². The van der Waals surface area contributed by atoms with Crippen molar-refractivity contribution in [3.8, 4) is 11.5 Å². The van der Waals surface area contributed by atoms with Crippen LogP contribution in [0.2, 0.25) is 0 Å². The Labute approximate surface area is 146 Å². The van der Waals surface area contributed by atoms with Crippen molar-refractivity contribution < 1.29 is 19.1 Å². The molecule has 130 valence electrons.